The van der Waals surface area contributed by atoms with Gasteiger partial charge in [0.25, 0.3) is 0 Å². The van der Waals surface area contributed by atoms with Gasteiger partial charge in [-0.25, -0.2) is 0 Å². The molecule has 0 atom stereocenters. The van der Waals surface area contributed by atoms with E-state index in [1.54, 1.807) is 18.2 Å². The van der Waals surface area contributed by atoms with Crippen LogP contribution in [-0.4, -0.2) is 10.9 Å². The highest BCUT2D eigenvalue weighted by Gasteiger charge is 2.20. The monoisotopic (exact) mass is 318 g/mol. The number of rotatable bonds is 4. The van der Waals surface area contributed by atoms with Gasteiger partial charge in [-0.1, -0.05) is 53.5 Å². The minimum atomic E-state index is 0.196. The molecule has 1 N–H and O–H groups in total. The molecule has 2 nitrogen and oxygen atoms in total. The summed E-state index contributed by atoms with van der Waals surface area (Å²) in [5.74, 6) is 1.37. The summed E-state index contributed by atoms with van der Waals surface area (Å²) in [4.78, 5) is 11.6. The summed E-state index contributed by atoms with van der Waals surface area (Å²) < 4.78 is 0. The zero-order chi connectivity index (χ0) is 17.8. The van der Waals surface area contributed by atoms with E-state index in [9.17, 15) is 9.90 Å². The molecule has 1 aliphatic rings. The van der Waals surface area contributed by atoms with E-state index >= 15 is 0 Å². The summed E-state index contributed by atoms with van der Waals surface area (Å²) in [5, 5.41) is 9.72. The summed E-state index contributed by atoms with van der Waals surface area (Å²) >= 11 is 0. The normalized spacial score (nSPS) is 12.5. The maximum Gasteiger partial charge on any atom is 0.163 e. The molecule has 0 aromatic heterocycles. The average molecular weight is 319 g/mol. The molecule has 0 fully saturated rings. The molecular weight excluding hydrogens is 284 g/mol. The third kappa shape index (κ3) is 7.02. The molecule has 0 bridgehead atoms. The lowest BCUT2D eigenvalue weighted by Gasteiger charge is -2.18. The van der Waals surface area contributed by atoms with E-state index in [0.717, 1.165) is 35.4 Å². The molecule has 1 aliphatic carbocycles. The quantitative estimate of drug-likeness (QED) is 0.680. The predicted octanol–water partition coefficient (Wildman–Crippen LogP) is 6.11. The zero-order valence-corrected chi connectivity index (χ0v) is 15.6. The molecular formula is C21H34O2. The van der Waals surface area contributed by atoms with Crippen molar-refractivity contribution in [2.45, 2.75) is 73.1 Å². The van der Waals surface area contributed by atoms with Crippen molar-refractivity contribution in [1.29, 1.82) is 0 Å². The number of Topliss-reactive ketones (excluding diaryl/α,β-unsaturated/α-hetero) is 1. The fourth-order valence-electron chi connectivity index (χ4n) is 2.74. The molecule has 2 heteroatoms. The maximum absolute atomic E-state index is 11.6. The standard InChI is InChI=1S/C13H14O2.C6H14.C2H6/c1-2-4-10-9-5-3-6-12(14)11(9)7-8-13(10)15;1-4-5-6(2)3;1-2/h2,7-8,15H,1,3-6H2;6H,4-5H2,1-3H3;1-2H3. The van der Waals surface area contributed by atoms with Crippen molar-refractivity contribution in [2.75, 3.05) is 0 Å². The Bertz CT molecular complexity index is 487. The Labute approximate surface area is 142 Å². The summed E-state index contributed by atoms with van der Waals surface area (Å²) in [5.41, 5.74) is 2.68. The number of benzene rings is 1. The minimum absolute atomic E-state index is 0.196. The lowest BCUT2D eigenvalue weighted by Crippen LogP contribution is -2.12. The Kier molecular flexibility index (Phi) is 11.1. The van der Waals surface area contributed by atoms with Crippen LogP contribution in [0.25, 0.3) is 0 Å². The van der Waals surface area contributed by atoms with E-state index in [-0.39, 0.29) is 11.5 Å². The number of aromatic hydroxyl groups is 1. The Morgan fingerprint density at radius 1 is 1.26 bits per heavy atom. The van der Waals surface area contributed by atoms with Crippen LogP contribution < -0.4 is 0 Å². The Morgan fingerprint density at radius 2 is 1.91 bits per heavy atom. The van der Waals surface area contributed by atoms with Crippen LogP contribution >= 0.6 is 0 Å². The average Bonchev–Trinajstić information content (AvgIpc) is 2.53. The van der Waals surface area contributed by atoms with Gasteiger partial charge in [0.1, 0.15) is 5.75 Å². The molecule has 0 radical (unpaired) electrons. The number of carbonyl (C=O) groups is 1. The summed E-state index contributed by atoms with van der Waals surface area (Å²) in [6, 6.07) is 3.35. The van der Waals surface area contributed by atoms with Crippen molar-refractivity contribution < 1.29 is 9.90 Å². The van der Waals surface area contributed by atoms with Crippen molar-refractivity contribution in [3.8, 4) is 5.75 Å². The maximum atomic E-state index is 11.6. The van der Waals surface area contributed by atoms with Gasteiger partial charge in [-0.15, -0.1) is 6.58 Å². The largest absolute Gasteiger partial charge is 0.508 e. The Hall–Kier alpha value is -1.57. The van der Waals surface area contributed by atoms with Gasteiger partial charge in [0, 0.05) is 17.5 Å². The molecule has 0 heterocycles. The van der Waals surface area contributed by atoms with Crippen LogP contribution in [0.1, 0.15) is 81.8 Å². The van der Waals surface area contributed by atoms with E-state index < -0.39 is 0 Å². The van der Waals surface area contributed by atoms with Crippen molar-refractivity contribution in [2.24, 2.45) is 5.92 Å². The van der Waals surface area contributed by atoms with Crippen molar-refractivity contribution in [3.63, 3.8) is 0 Å². The number of hydrogen-bond donors (Lipinski definition) is 1. The topological polar surface area (TPSA) is 37.3 Å². The number of carbonyl (C=O) groups excluding carboxylic acids is 1. The molecule has 1 aromatic rings. The molecule has 0 unspecified atom stereocenters. The van der Waals surface area contributed by atoms with Crippen LogP contribution in [-0.2, 0) is 12.8 Å². The van der Waals surface area contributed by atoms with Gasteiger partial charge in [-0.05, 0) is 42.9 Å². The first-order valence-corrected chi connectivity index (χ1v) is 8.99. The fourth-order valence-corrected chi connectivity index (χ4v) is 2.74. The number of fused-ring (bicyclic) bond motifs is 1. The Balaban J connectivity index is 0.000000515. The van der Waals surface area contributed by atoms with E-state index in [2.05, 4.69) is 27.4 Å². The molecule has 0 amide bonds. The summed E-state index contributed by atoms with van der Waals surface area (Å²) in [7, 11) is 0. The molecule has 2 rings (SSSR count). The minimum Gasteiger partial charge on any atom is -0.508 e. The lowest BCUT2D eigenvalue weighted by molar-refractivity contribution is 0.0972. The van der Waals surface area contributed by atoms with Gasteiger partial charge in [-0.2, -0.15) is 0 Å². The highest BCUT2D eigenvalue weighted by atomic mass is 16.3. The van der Waals surface area contributed by atoms with Crippen LogP contribution in [0.2, 0.25) is 0 Å². The molecule has 0 spiro atoms. The van der Waals surface area contributed by atoms with Gasteiger partial charge < -0.3 is 5.11 Å². The van der Waals surface area contributed by atoms with Gasteiger partial charge in [0.15, 0.2) is 5.78 Å². The number of hydrogen-bond acceptors (Lipinski definition) is 2. The highest BCUT2D eigenvalue weighted by Crippen LogP contribution is 2.30. The summed E-state index contributed by atoms with van der Waals surface area (Å²) in [6.45, 7) is 14.4. The van der Waals surface area contributed by atoms with Gasteiger partial charge in [0.05, 0.1) is 0 Å². The molecule has 23 heavy (non-hydrogen) atoms. The predicted molar refractivity (Wildman–Crippen MR) is 100 cm³/mol. The first kappa shape index (κ1) is 21.4. The fraction of sp³-hybridized carbons (Fsp3) is 0.571. The third-order valence-corrected chi connectivity index (χ3v) is 3.75. The number of ketones is 1. The third-order valence-electron chi connectivity index (χ3n) is 3.75. The van der Waals surface area contributed by atoms with Crippen LogP contribution in [0, 0.1) is 5.92 Å². The molecule has 0 aliphatic heterocycles. The second-order valence-electron chi connectivity index (χ2n) is 6.04. The number of phenolic OH excluding ortho intramolecular Hbond substituents is 1. The molecule has 130 valence electrons. The van der Waals surface area contributed by atoms with Gasteiger partial charge in [-0.3, -0.25) is 4.79 Å². The highest BCUT2D eigenvalue weighted by molar-refractivity contribution is 5.99. The molecule has 0 saturated carbocycles. The van der Waals surface area contributed by atoms with Crippen LogP contribution in [0.5, 0.6) is 5.75 Å². The van der Waals surface area contributed by atoms with Crippen molar-refractivity contribution >= 4 is 5.78 Å². The van der Waals surface area contributed by atoms with E-state index in [1.165, 1.54) is 12.8 Å². The second-order valence-corrected chi connectivity index (χ2v) is 6.04. The molecule has 1 aromatic carbocycles. The van der Waals surface area contributed by atoms with Crippen molar-refractivity contribution in [3.05, 3.63) is 41.5 Å². The first-order chi connectivity index (χ1) is 11.0. The smallest absolute Gasteiger partial charge is 0.163 e. The molecule has 0 saturated heterocycles. The van der Waals surface area contributed by atoms with Gasteiger partial charge >= 0.3 is 0 Å². The van der Waals surface area contributed by atoms with E-state index in [4.69, 9.17) is 0 Å². The van der Waals surface area contributed by atoms with Crippen LogP contribution in [0.3, 0.4) is 0 Å². The summed E-state index contributed by atoms with van der Waals surface area (Å²) in [6.07, 6.45) is 7.50. The number of phenols is 1. The van der Waals surface area contributed by atoms with E-state index in [1.807, 2.05) is 13.8 Å². The first-order valence-electron chi connectivity index (χ1n) is 8.99. The van der Waals surface area contributed by atoms with E-state index in [0.29, 0.717) is 12.8 Å². The van der Waals surface area contributed by atoms with Gasteiger partial charge in [0.2, 0.25) is 0 Å². The zero-order valence-electron chi connectivity index (χ0n) is 15.6. The van der Waals surface area contributed by atoms with Crippen LogP contribution in [0.15, 0.2) is 24.8 Å². The Morgan fingerprint density at radius 3 is 2.39 bits per heavy atom. The van der Waals surface area contributed by atoms with Crippen LogP contribution in [0.4, 0.5) is 0 Å². The SMILES string of the molecule is C=CCc1c(O)ccc2c1CCCC2=O.CC.CCCC(C)C. The van der Waals surface area contributed by atoms with Crippen molar-refractivity contribution in [1.82, 2.24) is 0 Å². The second kappa shape index (κ2) is 11.9. The number of allylic oxidation sites excluding steroid dienone is 1. The lowest BCUT2D eigenvalue weighted by atomic mass is 9.86.